The normalized spacial score (nSPS) is 13.9. The topological polar surface area (TPSA) is 29.5 Å². The van der Waals surface area contributed by atoms with Gasteiger partial charge in [0.2, 0.25) is 5.91 Å². The number of hydrogen-bond acceptors (Lipinski definition) is 2. The van der Waals surface area contributed by atoms with Gasteiger partial charge in [-0.25, -0.2) is 0 Å². The molecular weight excluding hydrogens is 262 g/mol. The number of para-hydroxylation sites is 1. The zero-order valence-electron chi connectivity index (χ0n) is 12.0. The number of anilines is 1. The molecule has 0 aliphatic carbocycles. The molecule has 0 heterocycles. The second kappa shape index (κ2) is 7.51. The third-order valence-corrected chi connectivity index (χ3v) is 3.58. The average molecular weight is 284 g/mol. The van der Waals surface area contributed by atoms with Crippen molar-refractivity contribution in [2.75, 3.05) is 18.6 Å². The minimum atomic E-state index is -0.501. The van der Waals surface area contributed by atoms with Crippen LogP contribution in [-0.4, -0.2) is 31.0 Å². The molecule has 0 aliphatic heterocycles. The summed E-state index contributed by atoms with van der Waals surface area (Å²) in [5.41, 5.74) is 1.95. The van der Waals surface area contributed by atoms with Crippen LogP contribution in [0.25, 0.3) is 0 Å². The number of benzene rings is 1. The van der Waals surface area contributed by atoms with Crippen LogP contribution in [0.4, 0.5) is 5.69 Å². The maximum atomic E-state index is 12.5. The first-order valence-corrected chi connectivity index (χ1v) is 6.98. The van der Waals surface area contributed by atoms with Crippen molar-refractivity contribution in [3.63, 3.8) is 0 Å². The highest BCUT2D eigenvalue weighted by Gasteiger charge is 2.27. The zero-order chi connectivity index (χ0) is 14.4. The highest BCUT2D eigenvalue weighted by Crippen LogP contribution is 2.24. The maximum Gasteiger partial charge on any atom is 0.245 e. The lowest BCUT2D eigenvalue weighted by Gasteiger charge is -2.31. The van der Waals surface area contributed by atoms with E-state index < -0.39 is 5.38 Å². The number of alkyl halides is 1. The Kier molecular flexibility index (Phi) is 6.32. The molecule has 0 radical (unpaired) electrons. The van der Waals surface area contributed by atoms with E-state index in [1.165, 1.54) is 0 Å². The molecule has 0 aliphatic rings. The lowest BCUT2D eigenvalue weighted by molar-refractivity contribution is -0.119. The molecule has 19 heavy (non-hydrogen) atoms. The van der Waals surface area contributed by atoms with E-state index >= 15 is 0 Å². The van der Waals surface area contributed by atoms with E-state index in [9.17, 15) is 4.79 Å². The summed E-state index contributed by atoms with van der Waals surface area (Å²) in [5, 5.41) is -0.501. The van der Waals surface area contributed by atoms with Gasteiger partial charge < -0.3 is 9.64 Å². The lowest BCUT2D eigenvalue weighted by Crippen LogP contribution is -2.45. The number of ether oxygens (including phenoxy) is 1. The molecule has 0 spiro atoms. The Hall–Kier alpha value is -1.06. The van der Waals surface area contributed by atoms with Gasteiger partial charge in [-0.1, -0.05) is 25.1 Å². The fourth-order valence-corrected chi connectivity index (χ4v) is 2.15. The first-order chi connectivity index (χ1) is 9.02. The largest absolute Gasteiger partial charge is 0.383 e. The van der Waals surface area contributed by atoms with Crippen LogP contribution in [0.2, 0.25) is 0 Å². The molecule has 3 nitrogen and oxygen atoms in total. The van der Waals surface area contributed by atoms with Crippen molar-refractivity contribution in [2.45, 2.75) is 38.6 Å². The molecule has 1 unspecified atom stereocenters. The second-order valence-corrected chi connectivity index (χ2v) is 5.20. The van der Waals surface area contributed by atoms with Crippen LogP contribution >= 0.6 is 11.6 Å². The van der Waals surface area contributed by atoms with E-state index in [0.717, 1.165) is 11.3 Å². The van der Waals surface area contributed by atoms with Crippen molar-refractivity contribution in [3.8, 4) is 0 Å². The van der Waals surface area contributed by atoms with Crippen LogP contribution in [-0.2, 0) is 9.53 Å². The van der Waals surface area contributed by atoms with Crippen molar-refractivity contribution in [1.29, 1.82) is 0 Å². The van der Waals surface area contributed by atoms with Crippen LogP contribution in [0.5, 0.6) is 0 Å². The molecule has 0 saturated carbocycles. The van der Waals surface area contributed by atoms with Crippen LogP contribution in [0.1, 0.15) is 25.8 Å². The smallest absolute Gasteiger partial charge is 0.245 e. The third-order valence-electron chi connectivity index (χ3n) is 3.09. The predicted octanol–water partition coefficient (Wildman–Crippen LogP) is 3.38. The van der Waals surface area contributed by atoms with Crippen LogP contribution in [0, 0.1) is 6.92 Å². The number of aryl methyl sites for hydroxylation is 1. The van der Waals surface area contributed by atoms with Crippen LogP contribution in [0.15, 0.2) is 24.3 Å². The number of carbonyl (C=O) groups excluding carboxylic acids is 1. The van der Waals surface area contributed by atoms with Crippen molar-refractivity contribution in [2.24, 2.45) is 0 Å². The van der Waals surface area contributed by atoms with Gasteiger partial charge in [0, 0.05) is 12.8 Å². The first-order valence-electron chi connectivity index (χ1n) is 6.54. The molecule has 1 aromatic carbocycles. The van der Waals surface area contributed by atoms with Gasteiger partial charge in [-0.15, -0.1) is 11.6 Å². The Bertz CT molecular complexity index is 422. The summed E-state index contributed by atoms with van der Waals surface area (Å²) < 4.78 is 5.17. The Morgan fingerprint density at radius 1 is 1.42 bits per heavy atom. The number of halogens is 1. The Balaban J connectivity index is 3.12. The number of hydrogen-bond donors (Lipinski definition) is 0. The fraction of sp³-hybridized carbons (Fsp3) is 0.533. The molecule has 0 fully saturated rings. The molecule has 4 heteroatoms. The number of methoxy groups -OCH3 is 1. The number of carbonyl (C=O) groups is 1. The molecule has 0 N–H and O–H groups in total. The third kappa shape index (κ3) is 3.95. The molecule has 0 bridgehead atoms. The fourth-order valence-electron chi connectivity index (χ4n) is 2.05. The summed E-state index contributed by atoms with van der Waals surface area (Å²) in [6.45, 7) is 6.34. The van der Waals surface area contributed by atoms with E-state index in [1.807, 2.05) is 45.0 Å². The van der Waals surface area contributed by atoms with Gasteiger partial charge >= 0.3 is 0 Å². The van der Waals surface area contributed by atoms with E-state index in [0.29, 0.717) is 13.0 Å². The molecule has 1 amide bonds. The Labute approximate surface area is 120 Å². The standard InChI is InChI=1S/C15H22ClNO2/c1-5-13(16)15(18)17(12(3)10-19-4)14-9-7-6-8-11(14)2/h6-9,12-13H,5,10H2,1-4H3/t12?,13-/m0/s1. The van der Waals surface area contributed by atoms with Gasteiger partial charge in [0.15, 0.2) is 0 Å². The molecular formula is C15H22ClNO2. The van der Waals surface area contributed by atoms with E-state index in [2.05, 4.69) is 0 Å². The lowest BCUT2D eigenvalue weighted by atomic mass is 10.1. The minimum absolute atomic E-state index is 0.0496. The molecule has 2 atom stereocenters. The van der Waals surface area contributed by atoms with Crippen molar-refractivity contribution in [1.82, 2.24) is 0 Å². The first kappa shape index (κ1) is 16.0. The summed E-state index contributed by atoms with van der Waals surface area (Å²) in [7, 11) is 1.63. The zero-order valence-corrected chi connectivity index (χ0v) is 12.8. The molecule has 1 aromatic rings. The summed E-state index contributed by atoms with van der Waals surface area (Å²) in [4.78, 5) is 14.2. The quantitative estimate of drug-likeness (QED) is 0.749. The Morgan fingerprint density at radius 2 is 2.05 bits per heavy atom. The summed E-state index contributed by atoms with van der Waals surface area (Å²) in [6, 6.07) is 7.77. The molecule has 106 valence electrons. The monoisotopic (exact) mass is 283 g/mol. The van der Waals surface area contributed by atoms with Gasteiger partial charge in [-0.05, 0) is 31.9 Å². The van der Waals surface area contributed by atoms with Crippen molar-refractivity contribution in [3.05, 3.63) is 29.8 Å². The van der Waals surface area contributed by atoms with Gasteiger partial charge in [0.05, 0.1) is 12.6 Å². The van der Waals surface area contributed by atoms with E-state index in [4.69, 9.17) is 16.3 Å². The Morgan fingerprint density at radius 3 is 2.58 bits per heavy atom. The van der Waals surface area contributed by atoms with E-state index in [-0.39, 0.29) is 11.9 Å². The van der Waals surface area contributed by atoms with Gasteiger partial charge in [-0.3, -0.25) is 4.79 Å². The molecule has 0 aromatic heterocycles. The number of amides is 1. The number of rotatable bonds is 6. The highest BCUT2D eigenvalue weighted by atomic mass is 35.5. The summed E-state index contributed by atoms with van der Waals surface area (Å²) in [6.07, 6.45) is 0.614. The second-order valence-electron chi connectivity index (χ2n) is 4.67. The van der Waals surface area contributed by atoms with Crippen molar-refractivity contribution >= 4 is 23.2 Å². The van der Waals surface area contributed by atoms with Gasteiger partial charge in [0.25, 0.3) is 0 Å². The van der Waals surface area contributed by atoms with Crippen molar-refractivity contribution < 1.29 is 9.53 Å². The van der Waals surface area contributed by atoms with Crippen LogP contribution in [0.3, 0.4) is 0 Å². The summed E-state index contributed by atoms with van der Waals surface area (Å²) >= 11 is 6.12. The highest BCUT2D eigenvalue weighted by molar-refractivity contribution is 6.32. The van der Waals surface area contributed by atoms with E-state index in [1.54, 1.807) is 12.0 Å². The molecule has 1 rings (SSSR count). The predicted molar refractivity (Wildman–Crippen MR) is 79.9 cm³/mol. The SMILES string of the molecule is CC[C@H](Cl)C(=O)N(c1ccccc1C)C(C)COC. The molecule has 0 saturated heterocycles. The van der Waals surface area contributed by atoms with Crippen LogP contribution < -0.4 is 4.90 Å². The number of nitrogens with zero attached hydrogens (tertiary/aromatic N) is 1. The van der Waals surface area contributed by atoms with Gasteiger partial charge in [0.1, 0.15) is 5.38 Å². The minimum Gasteiger partial charge on any atom is -0.383 e. The summed E-state index contributed by atoms with van der Waals surface area (Å²) in [5.74, 6) is -0.0667. The maximum absolute atomic E-state index is 12.5. The van der Waals surface area contributed by atoms with Gasteiger partial charge in [-0.2, -0.15) is 0 Å². The average Bonchev–Trinajstić information content (AvgIpc) is 2.40.